The van der Waals surface area contributed by atoms with Crippen molar-refractivity contribution in [3.63, 3.8) is 0 Å². The van der Waals surface area contributed by atoms with Crippen molar-refractivity contribution >= 4 is 11.9 Å². The smallest absolute Gasteiger partial charge is 0.416 e. The van der Waals surface area contributed by atoms with E-state index in [2.05, 4.69) is 5.32 Å². The van der Waals surface area contributed by atoms with E-state index >= 15 is 0 Å². The summed E-state index contributed by atoms with van der Waals surface area (Å²) in [4.78, 5) is 23.2. The number of benzene rings is 2. The van der Waals surface area contributed by atoms with Crippen molar-refractivity contribution in [2.45, 2.75) is 38.4 Å². The van der Waals surface area contributed by atoms with Crippen LogP contribution in [0.25, 0.3) is 0 Å². The number of carboxylic acids is 1. The van der Waals surface area contributed by atoms with Gasteiger partial charge >= 0.3 is 12.1 Å². The van der Waals surface area contributed by atoms with E-state index in [1.807, 2.05) is 0 Å². The molecule has 4 nitrogen and oxygen atoms in total. The minimum atomic E-state index is -4.37. The fourth-order valence-corrected chi connectivity index (χ4v) is 2.78. The number of alkyl halides is 3. The van der Waals surface area contributed by atoms with E-state index in [9.17, 15) is 22.8 Å². The number of carboxylic acid groups (broad SMARTS) is 1. The van der Waals surface area contributed by atoms with Gasteiger partial charge in [0.15, 0.2) is 0 Å². The number of aryl methyl sites for hydroxylation is 1. The van der Waals surface area contributed by atoms with Crippen LogP contribution in [-0.2, 0) is 23.8 Å². The number of nitrogens with one attached hydrogen (secondary N) is 1. The Bertz CT molecular complexity index is 801. The van der Waals surface area contributed by atoms with Crippen LogP contribution in [-0.4, -0.2) is 23.0 Å². The number of halogens is 3. The van der Waals surface area contributed by atoms with Gasteiger partial charge in [-0.05, 0) is 49.1 Å². The number of amides is 1. The standard InChI is InChI=1S/C20H20F3NO3/c1-13(12-14-6-9-16(10-7-14)20(21,22)23)24-18(25)11-8-15-4-2-3-5-17(15)19(26)27/h2-7,9-10,13H,8,11-12H2,1H3,(H,24,25)(H,26,27). The lowest BCUT2D eigenvalue weighted by Crippen LogP contribution is -2.34. The molecule has 27 heavy (non-hydrogen) atoms. The molecule has 0 fully saturated rings. The second-order valence-electron chi connectivity index (χ2n) is 6.33. The molecule has 2 N–H and O–H groups in total. The summed E-state index contributed by atoms with van der Waals surface area (Å²) in [5, 5.41) is 11.9. The Morgan fingerprint density at radius 1 is 1.07 bits per heavy atom. The minimum Gasteiger partial charge on any atom is -0.478 e. The van der Waals surface area contributed by atoms with Crippen molar-refractivity contribution < 1.29 is 27.9 Å². The topological polar surface area (TPSA) is 66.4 Å². The average molecular weight is 379 g/mol. The lowest BCUT2D eigenvalue weighted by molar-refractivity contribution is -0.137. The Balaban J connectivity index is 1.86. The molecule has 0 aliphatic carbocycles. The second kappa shape index (κ2) is 8.70. The molecule has 144 valence electrons. The van der Waals surface area contributed by atoms with Crippen LogP contribution in [0.1, 0.15) is 40.4 Å². The maximum atomic E-state index is 12.6. The quantitative estimate of drug-likeness (QED) is 0.762. The Labute approximate surface area is 155 Å². The maximum Gasteiger partial charge on any atom is 0.416 e. The first-order valence-electron chi connectivity index (χ1n) is 8.43. The molecule has 1 unspecified atom stereocenters. The maximum absolute atomic E-state index is 12.6. The Hall–Kier alpha value is -2.83. The predicted octanol–water partition coefficient (Wildman–Crippen LogP) is 4.08. The molecule has 0 aliphatic rings. The molecule has 0 saturated heterocycles. The van der Waals surface area contributed by atoms with Crippen molar-refractivity contribution in [2.75, 3.05) is 0 Å². The lowest BCUT2D eigenvalue weighted by atomic mass is 10.0. The van der Waals surface area contributed by atoms with Gasteiger partial charge in [-0.2, -0.15) is 13.2 Å². The van der Waals surface area contributed by atoms with Crippen molar-refractivity contribution in [1.29, 1.82) is 0 Å². The highest BCUT2D eigenvalue weighted by molar-refractivity contribution is 5.89. The Kier molecular flexibility index (Phi) is 6.60. The van der Waals surface area contributed by atoms with Gasteiger partial charge < -0.3 is 10.4 Å². The van der Waals surface area contributed by atoms with Gasteiger partial charge in [0.05, 0.1) is 11.1 Å². The van der Waals surface area contributed by atoms with Crippen molar-refractivity contribution in [2.24, 2.45) is 0 Å². The van der Waals surface area contributed by atoms with Crippen LogP contribution < -0.4 is 5.32 Å². The molecule has 7 heteroatoms. The summed E-state index contributed by atoms with van der Waals surface area (Å²) in [6, 6.07) is 11.1. The second-order valence-corrected chi connectivity index (χ2v) is 6.33. The van der Waals surface area contributed by atoms with E-state index in [-0.39, 0.29) is 23.9 Å². The number of hydrogen-bond acceptors (Lipinski definition) is 2. The number of carbonyl (C=O) groups is 2. The van der Waals surface area contributed by atoms with Crippen molar-refractivity contribution in [3.05, 3.63) is 70.8 Å². The molecule has 0 aliphatic heterocycles. The molecule has 2 rings (SSSR count). The Morgan fingerprint density at radius 2 is 1.70 bits per heavy atom. The van der Waals surface area contributed by atoms with Gasteiger partial charge in [-0.3, -0.25) is 4.79 Å². The fourth-order valence-electron chi connectivity index (χ4n) is 2.78. The van der Waals surface area contributed by atoms with Crippen LogP contribution in [0.5, 0.6) is 0 Å². The molecular weight excluding hydrogens is 359 g/mol. The molecule has 2 aromatic carbocycles. The highest BCUT2D eigenvalue weighted by Crippen LogP contribution is 2.29. The van der Waals surface area contributed by atoms with Crippen LogP contribution in [0.4, 0.5) is 13.2 Å². The monoisotopic (exact) mass is 379 g/mol. The number of aromatic carboxylic acids is 1. The van der Waals surface area contributed by atoms with E-state index in [1.54, 1.807) is 25.1 Å². The largest absolute Gasteiger partial charge is 0.478 e. The third-order valence-electron chi connectivity index (χ3n) is 4.10. The normalized spacial score (nSPS) is 12.4. The van der Waals surface area contributed by atoms with Crippen LogP contribution in [0.3, 0.4) is 0 Å². The van der Waals surface area contributed by atoms with Gasteiger partial charge in [-0.25, -0.2) is 4.79 Å². The van der Waals surface area contributed by atoms with Crippen LogP contribution in [0.15, 0.2) is 48.5 Å². The zero-order valence-electron chi connectivity index (χ0n) is 14.7. The van der Waals surface area contributed by atoms with Crippen LogP contribution in [0.2, 0.25) is 0 Å². The van der Waals surface area contributed by atoms with E-state index < -0.39 is 17.7 Å². The summed E-state index contributed by atoms with van der Waals surface area (Å²) >= 11 is 0. The highest BCUT2D eigenvalue weighted by atomic mass is 19.4. The van der Waals surface area contributed by atoms with Crippen molar-refractivity contribution in [1.82, 2.24) is 5.32 Å². The SMILES string of the molecule is CC(Cc1ccc(C(F)(F)F)cc1)NC(=O)CCc1ccccc1C(=O)O. The first kappa shape index (κ1) is 20.5. The van der Waals surface area contributed by atoms with E-state index in [1.165, 1.54) is 18.2 Å². The third-order valence-corrected chi connectivity index (χ3v) is 4.10. The number of hydrogen-bond donors (Lipinski definition) is 2. The van der Waals surface area contributed by atoms with Gasteiger partial charge in [0.2, 0.25) is 5.91 Å². The molecule has 1 atom stereocenters. The molecule has 0 bridgehead atoms. The molecule has 0 saturated carbocycles. The molecule has 1 amide bonds. The van der Waals surface area contributed by atoms with Gasteiger partial charge in [-0.15, -0.1) is 0 Å². The van der Waals surface area contributed by atoms with Crippen LogP contribution >= 0.6 is 0 Å². The van der Waals surface area contributed by atoms with E-state index in [4.69, 9.17) is 5.11 Å². The van der Waals surface area contributed by atoms with Gasteiger partial charge in [0.1, 0.15) is 0 Å². The third kappa shape index (κ3) is 6.13. The molecule has 2 aromatic rings. The minimum absolute atomic E-state index is 0.127. The summed E-state index contributed by atoms with van der Waals surface area (Å²) in [5.74, 6) is -1.28. The zero-order chi connectivity index (χ0) is 20.0. The summed E-state index contributed by atoms with van der Waals surface area (Å²) in [6.07, 6.45) is -3.55. The number of carbonyl (C=O) groups excluding carboxylic acids is 1. The van der Waals surface area contributed by atoms with Gasteiger partial charge in [-0.1, -0.05) is 30.3 Å². The van der Waals surface area contributed by atoms with E-state index in [0.717, 1.165) is 12.1 Å². The van der Waals surface area contributed by atoms with Crippen molar-refractivity contribution in [3.8, 4) is 0 Å². The first-order chi connectivity index (χ1) is 12.7. The predicted molar refractivity (Wildman–Crippen MR) is 94.5 cm³/mol. The molecule has 0 radical (unpaired) electrons. The lowest BCUT2D eigenvalue weighted by Gasteiger charge is -2.15. The van der Waals surface area contributed by atoms with Gasteiger partial charge in [0.25, 0.3) is 0 Å². The molecular formula is C20H20F3NO3. The summed E-state index contributed by atoms with van der Waals surface area (Å²) in [7, 11) is 0. The highest BCUT2D eigenvalue weighted by Gasteiger charge is 2.29. The van der Waals surface area contributed by atoms with E-state index in [0.29, 0.717) is 24.0 Å². The van der Waals surface area contributed by atoms with Gasteiger partial charge in [0, 0.05) is 12.5 Å². The Morgan fingerprint density at radius 3 is 2.30 bits per heavy atom. The van der Waals surface area contributed by atoms with Crippen LogP contribution in [0, 0.1) is 0 Å². The summed E-state index contributed by atoms with van der Waals surface area (Å²) in [5.41, 5.74) is 0.728. The molecule has 0 aromatic heterocycles. The number of rotatable bonds is 7. The first-order valence-corrected chi connectivity index (χ1v) is 8.43. The summed E-state index contributed by atoms with van der Waals surface area (Å²) in [6.45, 7) is 1.76. The summed E-state index contributed by atoms with van der Waals surface area (Å²) < 4.78 is 37.7. The zero-order valence-corrected chi connectivity index (χ0v) is 14.7. The fraction of sp³-hybridized carbons (Fsp3) is 0.300. The molecule has 0 heterocycles. The molecule has 0 spiro atoms. The average Bonchev–Trinajstić information content (AvgIpc) is 2.59.